The molecule has 2 fully saturated rings. The number of piperidine rings is 2. The lowest BCUT2D eigenvalue weighted by Crippen LogP contribution is -2.41. The summed E-state index contributed by atoms with van der Waals surface area (Å²) in [6.45, 7) is 20.9. The number of phenols is 1. The molecule has 2 heterocycles. The zero-order chi connectivity index (χ0) is 78.5. The minimum atomic E-state index is -1.14. The lowest BCUT2D eigenvalue weighted by Gasteiger charge is -2.35. The number of likely N-dealkylation sites (tertiary alicyclic amines) is 2. The molecule has 572 valence electrons. The van der Waals surface area contributed by atoms with E-state index < -0.39 is 35.0 Å². The topological polar surface area (TPSA) is 229 Å². The maximum atomic E-state index is 13.8. The molecule has 2 aliphatic rings. The largest absolute Gasteiger partial charge is 0.507 e. The van der Waals surface area contributed by atoms with Gasteiger partial charge in [-0.25, -0.2) is 14.4 Å². The van der Waals surface area contributed by atoms with Crippen LogP contribution in [0.5, 0.6) is 17.2 Å². The first kappa shape index (κ1) is 82.6. The average Bonchev–Trinajstić information content (AvgIpc) is 0.821. The molecule has 0 aliphatic carbocycles. The van der Waals surface area contributed by atoms with Gasteiger partial charge < -0.3 is 54.9 Å². The van der Waals surface area contributed by atoms with Crippen LogP contribution in [0.3, 0.4) is 0 Å². The standard InChI is InChI=1S/C34H43N3O4.C28H31N3O4.C27H28BrNO4/c1-7-40-31-16-13-24(23-37-19-17-27(18-20-37)36(5)6)21-29(31)32(38)35-30-22-26(25-11-9-8-10-12-25)14-15-28(30)33(39)41-34(2,3)4;1-30(2)22-12-14-31(15-13-22)18-19-8-11-26(32)24(16-19)27(33)29-25-17-21(9-10-23(25)28(34)35)20-6-4-3-5-7-20;1-5-32-24-14-11-18(17-28)15-22(24)25(30)29-23-16-20(19-9-7-6-8-10-19)12-13-21(23)26(31)33-27(2,3)4/h8-16,21-22,27H,7,17-20,23H2,1-6H3,(H,35,38);3-11,16-17,22,32H,12-15,18H2,1-2H3,(H,29,33)(H,34,35);6-16H,5,17H2,1-4H3,(H,29,30). The summed E-state index contributed by atoms with van der Waals surface area (Å²) in [5.41, 5.74) is 9.44. The molecule has 109 heavy (non-hydrogen) atoms. The zero-order valence-corrected chi connectivity index (χ0v) is 66.1. The SMILES string of the molecule is CCOc1ccc(CBr)cc1C(=O)Nc1cc(-c2ccccc2)ccc1C(=O)OC(C)(C)C.CCOc1ccc(CN2CCC(N(C)C)CC2)cc1C(=O)Nc1cc(-c2ccccc2)ccc1C(=O)OC(C)(C)C.CN(C)C1CCN(Cc2ccc(O)c(C(=O)Nc3cc(-c4ccccc4)ccc3C(=O)O)c2)CC1. The van der Waals surface area contributed by atoms with Gasteiger partial charge in [0.05, 0.1) is 63.7 Å². The maximum Gasteiger partial charge on any atom is 0.340 e. The van der Waals surface area contributed by atoms with Crippen molar-refractivity contribution in [1.82, 2.24) is 19.6 Å². The highest BCUT2D eigenvalue weighted by molar-refractivity contribution is 9.08. The van der Waals surface area contributed by atoms with E-state index in [0.717, 1.165) is 108 Å². The fraction of sp³-hybridized carbons (Fsp3) is 0.326. The van der Waals surface area contributed by atoms with Gasteiger partial charge in [-0.05, 0) is 258 Å². The van der Waals surface area contributed by atoms with Crippen LogP contribution < -0.4 is 25.4 Å². The van der Waals surface area contributed by atoms with Gasteiger partial charge in [-0.3, -0.25) is 24.2 Å². The zero-order valence-electron chi connectivity index (χ0n) is 64.5. The average molecular weight is 1540 g/mol. The third-order valence-corrected chi connectivity index (χ3v) is 19.3. The van der Waals surface area contributed by atoms with Gasteiger partial charge in [0, 0.05) is 30.5 Å². The van der Waals surface area contributed by atoms with E-state index in [0.29, 0.717) is 76.7 Å². The predicted octanol–water partition coefficient (Wildman–Crippen LogP) is 17.9. The van der Waals surface area contributed by atoms with Crippen molar-refractivity contribution in [2.75, 3.05) is 83.5 Å². The first-order valence-electron chi connectivity index (χ1n) is 37.0. The fourth-order valence-corrected chi connectivity index (χ4v) is 13.3. The molecule has 11 rings (SSSR count). The van der Waals surface area contributed by atoms with Crippen molar-refractivity contribution >= 4 is 68.6 Å². The van der Waals surface area contributed by atoms with Gasteiger partial charge in [-0.15, -0.1) is 0 Å². The second-order valence-electron chi connectivity index (χ2n) is 29.5. The molecule has 0 spiro atoms. The lowest BCUT2D eigenvalue weighted by atomic mass is 10.0. The number of carboxylic acids is 1. The molecule has 2 saturated heterocycles. The first-order valence-corrected chi connectivity index (χ1v) is 38.1. The number of alkyl halides is 1. The molecule has 0 unspecified atom stereocenters. The van der Waals surface area contributed by atoms with Gasteiger partial charge in [0.1, 0.15) is 28.5 Å². The van der Waals surface area contributed by atoms with E-state index in [1.807, 2.05) is 195 Å². The maximum absolute atomic E-state index is 13.8. The molecule has 0 bridgehead atoms. The quantitative estimate of drug-likeness (QED) is 0.0296. The normalized spacial score (nSPS) is 13.6. The van der Waals surface area contributed by atoms with Gasteiger partial charge in [0.2, 0.25) is 0 Å². The van der Waals surface area contributed by atoms with Gasteiger partial charge in [0.15, 0.2) is 0 Å². The number of hydrogen-bond acceptors (Lipinski definition) is 15. The van der Waals surface area contributed by atoms with Crippen molar-refractivity contribution in [3.63, 3.8) is 0 Å². The van der Waals surface area contributed by atoms with E-state index in [-0.39, 0.29) is 39.9 Å². The van der Waals surface area contributed by atoms with Crippen LogP contribution in [-0.2, 0) is 27.9 Å². The summed E-state index contributed by atoms with van der Waals surface area (Å²) in [4.78, 5) is 87.5. The number of aromatic carboxylic acids is 1. The number of amides is 3. The molecular formula is C89H102BrN7O12. The van der Waals surface area contributed by atoms with E-state index in [4.69, 9.17) is 18.9 Å². The van der Waals surface area contributed by atoms with Crippen LogP contribution in [-0.4, -0.2) is 156 Å². The van der Waals surface area contributed by atoms with Crippen molar-refractivity contribution < 1.29 is 57.9 Å². The molecule has 9 aromatic carbocycles. The smallest absolute Gasteiger partial charge is 0.340 e. The molecule has 0 saturated carbocycles. The van der Waals surface area contributed by atoms with Crippen molar-refractivity contribution in [3.8, 4) is 50.6 Å². The number of benzene rings is 9. The molecule has 3 amide bonds. The van der Waals surface area contributed by atoms with Crippen LogP contribution in [0.2, 0.25) is 0 Å². The van der Waals surface area contributed by atoms with Gasteiger partial charge in [-0.2, -0.15) is 0 Å². The summed E-state index contributed by atoms with van der Waals surface area (Å²) in [5, 5.41) is 29.3. The number of carboxylic acid groups (broad SMARTS) is 1. The summed E-state index contributed by atoms with van der Waals surface area (Å²) in [6.07, 6.45) is 4.44. The van der Waals surface area contributed by atoms with Gasteiger partial charge in [0.25, 0.3) is 17.7 Å². The molecule has 20 heteroatoms. The number of aromatic hydroxyl groups is 1. The van der Waals surface area contributed by atoms with Gasteiger partial charge >= 0.3 is 17.9 Å². The Kier molecular flexibility index (Phi) is 29.2. The van der Waals surface area contributed by atoms with E-state index in [1.54, 1.807) is 48.5 Å². The highest BCUT2D eigenvalue weighted by atomic mass is 79.9. The number of anilines is 3. The Morgan fingerprint density at radius 3 is 1.10 bits per heavy atom. The number of nitrogens with zero attached hydrogens (tertiary/aromatic N) is 4. The number of ether oxygens (including phenoxy) is 4. The second kappa shape index (κ2) is 38.5. The molecule has 0 atom stereocenters. The monoisotopic (exact) mass is 1540 g/mol. The Balaban J connectivity index is 0.000000190. The van der Waals surface area contributed by atoms with Crippen LogP contribution in [0.15, 0.2) is 200 Å². The number of carbonyl (C=O) groups excluding carboxylic acids is 5. The Bertz CT molecular complexity index is 4600. The molecule has 5 N–H and O–H groups in total. The van der Waals surface area contributed by atoms with Crippen LogP contribution in [0, 0.1) is 0 Å². The van der Waals surface area contributed by atoms with Gasteiger partial charge in [-0.1, -0.05) is 143 Å². The first-order chi connectivity index (χ1) is 52.1. The summed E-state index contributed by atoms with van der Waals surface area (Å²) >= 11 is 3.43. The number of esters is 2. The van der Waals surface area contributed by atoms with Crippen LogP contribution in [0.25, 0.3) is 33.4 Å². The molecule has 19 nitrogen and oxygen atoms in total. The molecule has 0 aromatic heterocycles. The number of nitrogens with one attached hydrogen (secondary N) is 3. The van der Waals surface area contributed by atoms with Crippen LogP contribution >= 0.6 is 15.9 Å². The van der Waals surface area contributed by atoms with Crippen LogP contribution in [0.1, 0.15) is 160 Å². The highest BCUT2D eigenvalue weighted by Gasteiger charge is 2.28. The lowest BCUT2D eigenvalue weighted by molar-refractivity contribution is 0.00580. The number of halogens is 1. The van der Waals surface area contributed by atoms with Crippen molar-refractivity contribution in [2.24, 2.45) is 0 Å². The molecule has 0 radical (unpaired) electrons. The Morgan fingerprint density at radius 2 is 0.752 bits per heavy atom. The summed E-state index contributed by atoms with van der Waals surface area (Å²) in [6, 6.07) is 62.2. The third-order valence-electron chi connectivity index (χ3n) is 18.6. The Morgan fingerprint density at radius 1 is 0.422 bits per heavy atom. The summed E-state index contributed by atoms with van der Waals surface area (Å²) in [7, 11) is 8.50. The van der Waals surface area contributed by atoms with Crippen molar-refractivity contribution in [3.05, 3.63) is 250 Å². The van der Waals surface area contributed by atoms with Crippen LogP contribution in [0.4, 0.5) is 17.1 Å². The van der Waals surface area contributed by atoms with E-state index in [2.05, 4.69) is 79.7 Å². The number of carbonyl (C=O) groups is 6. The molecule has 2 aliphatic heterocycles. The fourth-order valence-electron chi connectivity index (χ4n) is 13.0. The van der Waals surface area contributed by atoms with Crippen molar-refractivity contribution in [1.29, 1.82) is 0 Å². The number of rotatable bonds is 23. The summed E-state index contributed by atoms with van der Waals surface area (Å²) < 4.78 is 22.7. The number of hydrogen-bond donors (Lipinski definition) is 5. The third kappa shape index (κ3) is 23.8. The Labute approximate surface area is 649 Å². The van der Waals surface area contributed by atoms with Crippen molar-refractivity contribution in [2.45, 2.75) is 123 Å². The minimum Gasteiger partial charge on any atom is -0.507 e. The second-order valence-corrected chi connectivity index (χ2v) is 30.1. The summed E-state index contributed by atoms with van der Waals surface area (Å²) in [5.74, 6) is -2.54. The molecule has 9 aromatic rings. The Hall–Kier alpha value is -10.5. The minimum absolute atomic E-state index is 0.0163. The van der Waals surface area contributed by atoms with E-state index in [1.165, 1.54) is 12.1 Å². The van der Waals surface area contributed by atoms with E-state index in [9.17, 15) is 39.0 Å². The molecular weight excluding hydrogens is 1440 g/mol. The highest BCUT2D eigenvalue weighted by Crippen LogP contribution is 2.34. The number of phenolic OH excluding ortho intramolecular Hbond substituents is 1. The predicted molar refractivity (Wildman–Crippen MR) is 437 cm³/mol. The van der Waals surface area contributed by atoms with E-state index >= 15 is 0 Å².